The minimum Gasteiger partial charge on any atom is -0.379 e. The van der Waals surface area contributed by atoms with E-state index in [-0.39, 0.29) is 5.56 Å². The Morgan fingerprint density at radius 2 is 2.00 bits per heavy atom. The van der Waals surface area contributed by atoms with Crippen LogP contribution in [0.2, 0.25) is 0 Å². The van der Waals surface area contributed by atoms with Gasteiger partial charge in [-0.15, -0.1) is 0 Å². The molecule has 0 saturated carbocycles. The van der Waals surface area contributed by atoms with Crippen LogP contribution in [-0.2, 0) is 21.3 Å². The van der Waals surface area contributed by atoms with Gasteiger partial charge in [0.25, 0.3) is 5.56 Å². The minimum atomic E-state index is -3.39. The molecule has 3 rings (SSSR count). The number of hydrogen-bond acceptors (Lipinski definition) is 6. The van der Waals surface area contributed by atoms with E-state index in [0.29, 0.717) is 64.1 Å². The number of anilines is 1. The van der Waals surface area contributed by atoms with Crippen LogP contribution in [0.15, 0.2) is 17.2 Å². The maximum atomic E-state index is 13.0. The van der Waals surface area contributed by atoms with Crippen molar-refractivity contribution in [3.8, 4) is 0 Å². The van der Waals surface area contributed by atoms with Crippen LogP contribution in [0, 0.1) is 5.92 Å². The number of morpholine rings is 1. The van der Waals surface area contributed by atoms with Gasteiger partial charge in [-0.1, -0.05) is 13.8 Å². The van der Waals surface area contributed by atoms with E-state index in [1.54, 1.807) is 17.0 Å². The van der Waals surface area contributed by atoms with Gasteiger partial charge in [0.05, 0.1) is 18.5 Å². The fourth-order valence-corrected chi connectivity index (χ4v) is 5.49. The molecule has 26 heavy (non-hydrogen) atoms. The predicted molar refractivity (Wildman–Crippen MR) is 99.9 cm³/mol. The van der Waals surface area contributed by atoms with Crippen molar-refractivity contribution in [1.82, 2.24) is 13.9 Å². The third-order valence-electron chi connectivity index (χ3n) is 4.89. The fraction of sp³-hybridized carbons (Fsp3) is 0.765. The van der Waals surface area contributed by atoms with E-state index in [1.807, 2.05) is 4.90 Å². The first-order valence-corrected chi connectivity index (χ1v) is 10.8. The minimum absolute atomic E-state index is 0.148. The Morgan fingerprint density at radius 3 is 2.69 bits per heavy atom. The first-order chi connectivity index (χ1) is 12.4. The van der Waals surface area contributed by atoms with Crippen LogP contribution in [0.25, 0.3) is 0 Å². The summed E-state index contributed by atoms with van der Waals surface area (Å²) in [7, 11) is -3.39. The van der Waals surface area contributed by atoms with Crippen LogP contribution in [0.3, 0.4) is 0 Å². The van der Waals surface area contributed by atoms with Crippen LogP contribution < -0.4 is 10.5 Å². The molecule has 2 aliphatic heterocycles. The summed E-state index contributed by atoms with van der Waals surface area (Å²) in [5.74, 6) is 0.703. The van der Waals surface area contributed by atoms with Gasteiger partial charge < -0.3 is 14.2 Å². The van der Waals surface area contributed by atoms with E-state index in [4.69, 9.17) is 4.74 Å². The van der Waals surface area contributed by atoms with Crippen molar-refractivity contribution in [3.63, 3.8) is 0 Å². The molecule has 2 fully saturated rings. The lowest BCUT2D eigenvalue weighted by Gasteiger charge is -2.36. The molecule has 0 unspecified atom stereocenters. The topological polar surface area (TPSA) is 84.7 Å². The normalized spacial score (nSPS) is 22.7. The number of hydrogen-bond donors (Lipinski definition) is 0. The zero-order valence-corrected chi connectivity index (χ0v) is 16.3. The average Bonchev–Trinajstić information content (AvgIpc) is 2.64. The molecular formula is C17H28N4O4S. The quantitative estimate of drug-likeness (QED) is 0.736. The van der Waals surface area contributed by atoms with Crippen molar-refractivity contribution >= 4 is 15.8 Å². The SMILES string of the molecule is CC(C)Cn1ccnc(N2CCC[C@@H](S(=O)(=O)N3CCOCC3)C2)c1=O. The molecule has 0 spiro atoms. The first-order valence-electron chi connectivity index (χ1n) is 9.26. The Morgan fingerprint density at radius 1 is 1.27 bits per heavy atom. The molecule has 0 bridgehead atoms. The van der Waals surface area contributed by atoms with Crippen molar-refractivity contribution in [1.29, 1.82) is 0 Å². The smallest absolute Gasteiger partial charge is 0.293 e. The van der Waals surface area contributed by atoms with Crippen LogP contribution in [0.1, 0.15) is 26.7 Å². The van der Waals surface area contributed by atoms with Crippen LogP contribution in [-0.4, -0.2) is 66.9 Å². The highest BCUT2D eigenvalue weighted by molar-refractivity contribution is 7.89. The molecule has 8 nitrogen and oxygen atoms in total. The highest BCUT2D eigenvalue weighted by atomic mass is 32.2. The molecule has 0 N–H and O–H groups in total. The van der Waals surface area contributed by atoms with Gasteiger partial charge in [0.1, 0.15) is 0 Å². The monoisotopic (exact) mass is 384 g/mol. The molecule has 0 aliphatic carbocycles. The molecule has 146 valence electrons. The number of aromatic nitrogens is 2. The Bertz CT molecular complexity index is 771. The van der Waals surface area contributed by atoms with Gasteiger partial charge in [-0.05, 0) is 18.8 Å². The maximum Gasteiger partial charge on any atom is 0.293 e. The molecule has 1 aromatic rings. The van der Waals surface area contributed by atoms with E-state index in [0.717, 1.165) is 6.42 Å². The molecule has 2 aliphatic rings. The molecular weight excluding hydrogens is 356 g/mol. The van der Waals surface area contributed by atoms with E-state index in [1.165, 1.54) is 4.31 Å². The molecule has 1 atom stereocenters. The summed E-state index contributed by atoms with van der Waals surface area (Å²) in [5.41, 5.74) is -0.148. The molecule has 3 heterocycles. The Hall–Kier alpha value is -1.45. The summed E-state index contributed by atoms with van der Waals surface area (Å²) in [6, 6.07) is 0. The van der Waals surface area contributed by atoms with Crippen LogP contribution in [0.4, 0.5) is 5.82 Å². The highest BCUT2D eigenvalue weighted by Gasteiger charge is 2.37. The maximum absolute atomic E-state index is 13.0. The van der Waals surface area contributed by atoms with E-state index < -0.39 is 15.3 Å². The Labute approximate surface area is 154 Å². The van der Waals surface area contributed by atoms with Gasteiger partial charge in [0, 0.05) is 45.1 Å². The summed E-state index contributed by atoms with van der Waals surface area (Å²) < 4.78 is 34.4. The number of rotatable bonds is 5. The number of sulfonamides is 1. The van der Waals surface area contributed by atoms with Crippen molar-refractivity contribution in [2.24, 2.45) is 5.92 Å². The Kier molecular flexibility index (Phi) is 5.99. The van der Waals surface area contributed by atoms with Gasteiger partial charge in [-0.25, -0.2) is 13.4 Å². The zero-order chi connectivity index (χ0) is 18.7. The molecule has 9 heteroatoms. The average molecular weight is 385 g/mol. The van der Waals surface area contributed by atoms with Crippen LogP contribution in [0.5, 0.6) is 0 Å². The highest BCUT2D eigenvalue weighted by Crippen LogP contribution is 2.23. The summed E-state index contributed by atoms with van der Waals surface area (Å²) >= 11 is 0. The van der Waals surface area contributed by atoms with Gasteiger partial charge in [-0.2, -0.15) is 4.31 Å². The van der Waals surface area contributed by atoms with Crippen molar-refractivity contribution in [2.75, 3.05) is 44.3 Å². The van der Waals surface area contributed by atoms with Gasteiger partial charge >= 0.3 is 0 Å². The van der Waals surface area contributed by atoms with E-state index in [2.05, 4.69) is 18.8 Å². The Balaban J connectivity index is 1.79. The summed E-state index contributed by atoms with van der Waals surface area (Å²) in [6.07, 6.45) is 4.66. The largest absolute Gasteiger partial charge is 0.379 e. The predicted octanol–water partition coefficient (Wildman–Crippen LogP) is 0.530. The molecule has 2 saturated heterocycles. The molecule has 0 aromatic carbocycles. The lowest BCUT2D eigenvalue weighted by atomic mass is 10.1. The summed E-state index contributed by atoms with van der Waals surface area (Å²) in [6.45, 7) is 7.39. The van der Waals surface area contributed by atoms with Gasteiger partial charge in [-0.3, -0.25) is 4.79 Å². The zero-order valence-electron chi connectivity index (χ0n) is 15.5. The second kappa shape index (κ2) is 8.06. The lowest BCUT2D eigenvalue weighted by molar-refractivity contribution is 0.0725. The number of ether oxygens (including phenoxy) is 1. The van der Waals surface area contributed by atoms with Crippen molar-refractivity contribution in [3.05, 3.63) is 22.7 Å². The third-order valence-corrected chi connectivity index (χ3v) is 7.20. The van der Waals surface area contributed by atoms with Crippen molar-refractivity contribution in [2.45, 2.75) is 38.5 Å². The summed E-state index contributed by atoms with van der Waals surface area (Å²) in [5, 5.41) is -0.505. The number of piperidine rings is 1. The standard InChI is InChI=1S/C17H28N4O4S/c1-14(2)12-20-7-5-18-16(17(20)22)19-6-3-4-15(13-19)26(23,24)21-8-10-25-11-9-21/h5,7,14-15H,3-4,6,8-13H2,1-2H3/t15-/m1/s1. The summed E-state index contributed by atoms with van der Waals surface area (Å²) in [4.78, 5) is 18.8. The van der Waals surface area contributed by atoms with E-state index in [9.17, 15) is 13.2 Å². The fourth-order valence-electron chi connectivity index (χ4n) is 3.58. The first kappa shape index (κ1) is 19.3. The second-order valence-electron chi connectivity index (χ2n) is 7.37. The van der Waals surface area contributed by atoms with Gasteiger partial charge in [0.15, 0.2) is 5.82 Å². The number of nitrogens with zero attached hydrogens (tertiary/aromatic N) is 4. The third kappa shape index (κ3) is 4.10. The molecule has 0 radical (unpaired) electrons. The van der Waals surface area contributed by atoms with E-state index >= 15 is 0 Å². The molecule has 1 aromatic heterocycles. The van der Waals surface area contributed by atoms with Crippen LogP contribution >= 0.6 is 0 Å². The second-order valence-corrected chi connectivity index (χ2v) is 9.58. The lowest BCUT2D eigenvalue weighted by Crippen LogP contribution is -2.51. The van der Waals surface area contributed by atoms with Gasteiger partial charge in [0.2, 0.25) is 10.0 Å². The van der Waals surface area contributed by atoms with Crippen molar-refractivity contribution < 1.29 is 13.2 Å². The molecule has 0 amide bonds.